The highest BCUT2D eigenvalue weighted by molar-refractivity contribution is 5.91. The average molecular weight is 382 g/mol. The normalized spacial score (nSPS) is 45.3. The molecule has 3 heterocycles. The molecule has 3 saturated heterocycles. The van der Waals surface area contributed by atoms with Crippen LogP contribution in [0, 0.1) is 17.8 Å². The quantitative estimate of drug-likeness (QED) is 0.566. The molecule has 0 aliphatic carbocycles. The summed E-state index contributed by atoms with van der Waals surface area (Å²) in [6.07, 6.45) is -1.05. The molecule has 0 spiro atoms. The summed E-state index contributed by atoms with van der Waals surface area (Å²) in [5.74, 6) is -3.60. The topological polar surface area (TPSA) is 102 Å². The first-order chi connectivity index (χ1) is 12.5. The maximum atomic E-state index is 12.5. The Labute approximate surface area is 159 Å². The van der Waals surface area contributed by atoms with Gasteiger partial charge in [-0.3, -0.25) is 4.79 Å². The molecule has 0 aromatic heterocycles. The molecule has 7 heteroatoms. The van der Waals surface area contributed by atoms with Crippen molar-refractivity contribution < 1.29 is 34.0 Å². The summed E-state index contributed by atoms with van der Waals surface area (Å²) < 4.78 is 17.2. The predicted molar refractivity (Wildman–Crippen MR) is 95.3 cm³/mol. The summed E-state index contributed by atoms with van der Waals surface area (Å²) in [7, 11) is 0. The molecule has 0 saturated carbocycles. The first-order valence-electron chi connectivity index (χ1n) is 9.71. The minimum atomic E-state index is -1.52. The summed E-state index contributed by atoms with van der Waals surface area (Å²) in [5, 5.41) is 21.6. The Hall–Kier alpha value is -1.44. The third kappa shape index (κ3) is 3.41. The fourth-order valence-electron chi connectivity index (χ4n) is 4.40. The van der Waals surface area contributed by atoms with Gasteiger partial charge >= 0.3 is 11.9 Å². The zero-order valence-corrected chi connectivity index (χ0v) is 16.4. The first kappa shape index (κ1) is 20.3. The van der Waals surface area contributed by atoms with Gasteiger partial charge < -0.3 is 24.4 Å². The molecule has 0 aromatic rings. The van der Waals surface area contributed by atoms with Crippen LogP contribution >= 0.6 is 0 Å². The highest BCUT2D eigenvalue weighted by Gasteiger charge is 2.60. The molecule has 3 aliphatic heterocycles. The number of hydrogen-bond donors (Lipinski definition) is 2. The Morgan fingerprint density at radius 3 is 2.74 bits per heavy atom. The molecule has 0 amide bonds. The van der Waals surface area contributed by atoms with Crippen molar-refractivity contribution in [3.8, 4) is 0 Å². The highest BCUT2D eigenvalue weighted by atomic mass is 16.7. The van der Waals surface area contributed by atoms with Crippen molar-refractivity contribution in [1.82, 2.24) is 0 Å². The highest BCUT2D eigenvalue weighted by Crippen LogP contribution is 2.49. The lowest BCUT2D eigenvalue weighted by Crippen LogP contribution is -2.45. The number of carbonyl (C=O) groups excluding carboxylic acids is 2. The molecule has 27 heavy (non-hydrogen) atoms. The van der Waals surface area contributed by atoms with E-state index < -0.39 is 41.6 Å². The second-order valence-corrected chi connectivity index (χ2v) is 8.60. The van der Waals surface area contributed by atoms with Crippen LogP contribution in [0.1, 0.15) is 53.4 Å². The van der Waals surface area contributed by atoms with E-state index in [1.165, 1.54) is 0 Å². The molecule has 7 nitrogen and oxygen atoms in total. The van der Waals surface area contributed by atoms with Crippen molar-refractivity contribution >= 4 is 11.9 Å². The Morgan fingerprint density at radius 2 is 2.11 bits per heavy atom. The van der Waals surface area contributed by atoms with Gasteiger partial charge in [0.1, 0.15) is 12.2 Å². The minimum absolute atomic E-state index is 0.0585. The third-order valence-electron chi connectivity index (χ3n) is 6.57. The van der Waals surface area contributed by atoms with Crippen LogP contribution in [-0.2, 0) is 23.8 Å². The molecule has 8 atom stereocenters. The molecule has 2 bridgehead atoms. The molecule has 3 fully saturated rings. The lowest BCUT2D eigenvalue weighted by molar-refractivity contribution is -0.253. The molecule has 0 radical (unpaired) electrons. The monoisotopic (exact) mass is 382 g/mol. The first-order valence-corrected chi connectivity index (χ1v) is 9.71. The van der Waals surface area contributed by atoms with Crippen LogP contribution in [0.15, 0.2) is 12.2 Å². The number of aliphatic hydroxyl groups excluding tert-OH is 1. The van der Waals surface area contributed by atoms with Gasteiger partial charge in [-0.2, -0.15) is 0 Å². The Morgan fingerprint density at radius 1 is 1.44 bits per heavy atom. The average Bonchev–Trinajstić information content (AvgIpc) is 2.99. The summed E-state index contributed by atoms with van der Waals surface area (Å²) >= 11 is 0. The second kappa shape index (κ2) is 6.87. The molecule has 0 unspecified atom stereocenters. The molecule has 3 aliphatic rings. The predicted octanol–water partition coefficient (Wildman–Crippen LogP) is 1.70. The Bertz CT molecular complexity index is 646. The summed E-state index contributed by atoms with van der Waals surface area (Å²) in [4.78, 5) is 24.7. The minimum Gasteiger partial charge on any atom is -0.461 e. The van der Waals surface area contributed by atoms with Crippen molar-refractivity contribution in [2.75, 3.05) is 0 Å². The number of hydrogen-bond acceptors (Lipinski definition) is 7. The van der Waals surface area contributed by atoms with Crippen LogP contribution < -0.4 is 0 Å². The van der Waals surface area contributed by atoms with Gasteiger partial charge in [0, 0.05) is 24.3 Å². The Balaban J connectivity index is 1.99. The van der Waals surface area contributed by atoms with Crippen molar-refractivity contribution in [3.05, 3.63) is 12.2 Å². The van der Waals surface area contributed by atoms with Gasteiger partial charge in [-0.1, -0.05) is 27.4 Å². The van der Waals surface area contributed by atoms with Crippen LogP contribution in [0.5, 0.6) is 0 Å². The largest absolute Gasteiger partial charge is 0.461 e. The molecule has 3 rings (SSSR count). The number of rotatable bonds is 3. The van der Waals surface area contributed by atoms with Crippen LogP contribution in [0.2, 0.25) is 0 Å². The van der Waals surface area contributed by atoms with E-state index >= 15 is 0 Å². The zero-order valence-electron chi connectivity index (χ0n) is 16.4. The number of fused-ring (bicyclic) bond motifs is 3. The van der Waals surface area contributed by atoms with Crippen molar-refractivity contribution in [2.45, 2.75) is 83.1 Å². The van der Waals surface area contributed by atoms with Crippen molar-refractivity contribution in [1.29, 1.82) is 0 Å². The van der Waals surface area contributed by atoms with Crippen LogP contribution in [0.25, 0.3) is 0 Å². The van der Waals surface area contributed by atoms with Gasteiger partial charge in [-0.05, 0) is 19.8 Å². The summed E-state index contributed by atoms with van der Waals surface area (Å²) in [6, 6.07) is 0. The van der Waals surface area contributed by atoms with Crippen LogP contribution in [0.4, 0.5) is 0 Å². The third-order valence-corrected chi connectivity index (χ3v) is 6.57. The van der Waals surface area contributed by atoms with E-state index in [2.05, 4.69) is 6.58 Å². The van der Waals surface area contributed by atoms with Crippen molar-refractivity contribution in [2.24, 2.45) is 17.8 Å². The fourth-order valence-corrected chi connectivity index (χ4v) is 4.40. The van der Waals surface area contributed by atoms with E-state index in [4.69, 9.17) is 14.2 Å². The maximum Gasteiger partial charge on any atom is 0.334 e. The molecule has 152 valence electrons. The lowest BCUT2D eigenvalue weighted by atomic mass is 9.78. The number of esters is 2. The van der Waals surface area contributed by atoms with Gasteiger partial charge in [0.2, 0.25) is 0 Å². The van der Waals surface area contributed by atoms with Gasteiger partial charge in [-0.15, -0.1) is 0 Å². The van der Waals surface area contributed by atoms with Gasteiger partial charge in [0.05, 0.1) is 23.5 Å². The van der Waals surface area contributed by atoms with Crippen LogP contribution in [0.3, 0.4) is 0 Å². The van der Waals surface area contributed by atoms with E-state index in [-0.39, 0.29) is 36.2 Å². The smallest absolute Gasteiger partial charge is 0.334 e. The van der Waals surface area contributed by atoms with E-state index in [0.29, 0.717) is 12.8 Å². The van der Waals surface area contributed by atoms with Gasteiger partial charge in [-0.25, -0.2) is 4.79 Å². The van der Waals surface area contributed by atoms with E-state index in [1.54, 1.807) is 20.8 Å². The van der Waals surface area contributed by atoms with E-state index in [0.717, 1.165) is 0 Å². The number of ether oxygens (including phenoxy) is 3. The zero-order chi connectivity index (χ0) is 20.1. The Kier molecular flexibility index (Phi) is 5.16. The summed E-state index contributed by atoms with van der Waals surface area (Å²) in [5.41, 5.74) is -0.846. The van der Waals surface area contributed by atoms with E-state index in [9.17, 15) is 19.8 Å². The van der Waals surface area contributed by atoms with Crippen LogP contribution in [-0.4, -0.2) is 51.9 Å². The summed E-state index contributed by atoms with van der Waals surface area (Å²) in [6.45, 7) is 11.0. The molecular weight excluding hydrogens is 352 g/mol. The van der Waals surface area contributed by atoms with Crippen molar-refractivity contribution in [3.63, 3.8) is 0 Å². The molecule has 0 aromatic carbocycles. The molecule has 2 N–H and O–H groups in total. The number of carbonyl (C=O) groups is 2. The SMILES string of the molecule is C=C1C(=O)O[C@@H]2C[C@H](C)[C@@]3(O)C[C@H](O)[C@@](C)(C[C@@H](OC(=O)[C@H](C)CC)[C@@H]12)O3. The van der Waals surface area contributed by atoms with Gasteiger partial charge in [0.15, 0.2) is 5.79 Å². The lowest BCUT2D eigenvalue weighted by Gasteiger charge is -2.34. The maximum absolute atomic E-state index is 12.5. The van der Waals surface area contributed by atoms with E-state index in [1.807, 2.05) is 6.92 Å². The second-order valence-electron chi connectivity index (χ2n) is 8.60. The van der Waals surface area contributed by atoms with Gasteiger partial charge in [0.25, 0.3) is 0 Å². The fraction of sp³-hybridized carbons (Fsp3) is 0.800. The standard InChI is InChI=1S/C20H30O7/c1-6-10(2)17(22)26-14-8-19(5)15(21)9-20(24,27-19)11(3)7-13-16(14)12(4)18(23)25-13/h10-11,13-16,21,24H,4,6-9H2,1-3,5H3/t10-,11+,13-,14-,15+,16+,19-,20-/m1/s1. The molecular formula is C20H30O7. The number of aliphatic hydroxyl groups is 2.